The van der Waals surface area contributed by atoms with E-state index in [2.05, 4.69) is 25.1 Å². The van der Waals surface area contributed by atoms with Gasteiger partial charge in [0.2, 0.25) is 5.91 Å². The van der Waals surface area contributed by atoms with Gasteiger partial charge in [-0.1, -0.05) is 35.9 Å². The Morgan fingerprint density at radius 3 is 2.37 bits per heavy atom. The molecule has 0 saturated carbocycles. The number of hydrogen-bond acceptors (Lipinski definition) is 3. The minimum Gasteiger partial charge on any atom is -0.497 e. The predicted octanol–water partition coefficient (Wildman–Crippen LogP) is 2.92. The van der Waals surface area contributed by atoms with Gasteiger partial charge >= 0.3 is 0 Å². The molecular formula is C22H26N2O3. The van der Waals surface area contributed by atoms with Crippen molar-refractivity contribution in [3.05, 3.63) is 65.2 Å². The monoisotopic (exact) mass is 366 g/mol. The first kappa shape index (κ1) is 19.0. The number of piperazine rings is 1. The maximum Gasteiger partial charge on any atom is 0.254 e. The average Bonchev–Trinajstić information content (AvgIpc) is 2.71. The molecule has 0 radical (unpaired) electrons. The van der Waals surface area contributed by atoms with E-state index < -0.39 is 0 Å². The third-order valence-electron chi connectivity index (χ3n) is 4.95. The van der Waals surface area contributed by atoms with Crippen molar-refractivity contribution in [1.29, 1.82) is 0 Å². The number of carbonyl (C=O) groups excluding carboxylic acids is 2. The van der Waals surface area contributed by atoms with Crippen molar-refractivity contribution in [2.75, 3.05) is 33.3 Å². The van der Waals surface area contributed by atoms with Crippen molar-refractivity contribution in [3.63, 3.8) is 0 Å². The molecule has 1 aliphatic rings. The highest BCUT2D eigenvalue weighted by Gasteiger charge is 2.24. The number of nitrogens with zero attached hydrogens (tertiary/aromatic N) is 2. The smallest absolute Gasteiger partial charge is 0.254 e. The lowest BCUT2D eigenvalue weighted by Gasteiger charge is -2.35. The van der Waals surface area contributed by atoms with Gasteiger partial charge in [0.25, 0.3) is 5.91 Å². The van der Waals surface area contributed by atoms with E-state index in [0.717, 1.165) is 6.42 Å². The van der Waals surface area contributed by atoms with Gasteiger partial charge in [0.1, 0.15) is 5.75 Å². The molecule has 0 aliphatic carbocycles. The Hall–Kier alpha value is -2.82. The van der Waals surface area contributed by atoms with Crippen LogP contribution in [0.5, 0.6) is 5.75 Å². The zero-order valence-electron chi connectivity index (χ0n) is 16.0. The van der Waals surface area contributed by atoms with Crippen molar-refractivity contribution in [1.82, 2.24) is 9.80 Å². The maximum absolute atomic E-state index is 12.7. The number of amides is 2. The number of carbonyl (C=O) groups is 2. The van der Waals surface area contributed by atoms with Crippen LogP contribution in [-0.2, 0) is 11.2 Å². The van der Waals surface area contributed by atoms with Crippen LogP contribution in [0.3, 0.4) is 0 Å². The lowest BCUT2D eigenvalue weighted by atomic mass is 10.1. The first-order valence-corrected chi connectivity index (χ1v) is 9.33. The van der Waals surface area contributed by atoms with Gasteiger partial charge in [-0.3, -0.25) is 9.59 Å². The first-order valence-electron chi connectivity index (χ1n) is 9.33. The first-order chi connectivity index (χ1) is 13.1. The molecule has 27 heavy (non-hydrogen) atoms. The fraction of sp³-hybridized carbons (Fsp3) is 0.364. The molecule has 0 bridgehead atoms. The standard InChI is InChI=1S/C22H26N2O3/c1-17-5-3-6-18(15-17)9-10-21(25)23-11-13-24(14-12-23)22(26)19-7-4-8-20(16-19)27-2/h3-8,15-16H,9-14H2,1-2H3. The van der Waals surface area contributed by atoms with E-state index in [-0.39, 0.29) is 11.8 Å². The minimum atomic E-state index is -0.0132. The van der Waals surface area contributed by atoms with E-state index in [1.165, 1.54) is 11.1 Å². The Labute approximate surface area is 160 Å². The van der Waals surface area contributed by atoms with Crippen LogP contribution in [0.15, 0.2) is 48.5 Å². The summed E-state index contributed by atoms with van der Waals surface area (Å²) in [7, 11) is 1.59. The van der Waals surface area contributed by atoms with Crippen LogP contribution >= 0.6 is 0 Å². The van der Waals surface area contributed by atoms with Gasteiger partial charge in [0, 0.05) is 38.2 Å². The normalized spacial score (nSPS) is 14.1. The molecule has 1 fully saturated rings. The second-order valence-electron chi connectivity index (χ2n) is 6.89. The summed E-state index contributed by atoms with van der Waals surface area (Å²) in [5.41, 5.74) is 3.02. The molecule has 0 atom stereocenters. The highest BCUT2D eigenvalue weighted by molar-refractivity contribution is 5.94. The molecule has 1 heterocycles. The average molecular weight is 366 g/mol. The molecule has 2 aromatic carbocycles. The van der Waals surface area contributed by atoms with E-state index in [0.29, 0.717) is 43.9 Å². The van der Waals surface area contributed by atoms with E-state index >= 15 is 0 Å². The van der Waals surface area contributed by atoms with Crippen molar-refractivity contribution in [3.8, 4) is 5.75 Å². The number of methoxy groups -OCH3 is 1. The third kappa shape index (κ3) is 4.88. The van der Waals surface area contributed by atoms with E-state index in [9.17, 15) is 9.59 Å². The molecule has 1 aliphatic heterocycles. The summed E-state index contributed by atoms with van der Waals surface area (Å²) in [4.78, 5) is 28.8. The van der Waals surface area contributed by atoms with Gasteiger partial charge in [0.05, 0.1) is 7.11 Å². The van der Waals surface area contributed by atoms with Gasteiger partial charge in [-0.25, -0.2) is 0 Å². The number of rotatable bonds is 5. The van der Waals surface area contributed by atoms with Crippen LogP contribution in [-0.4, -0.2) is 54.9 Å². The number of benzene rings is 2. The van der Waals surface area contributed by atoms with E-state index in [1.54, 1.807) is 24.1 Å². The van der Waals surface area contributed by atoms with E-state index in [4.69, 9.17) is 4.74 Å². The number of ether oxygens (including phenoxy) is 1. The molecule has 0 spiro atoms. The Balaban J connectivity index is 1.50. The van der Waals surface area contributed by atoms with Crippen LogP contribution in [0.1, 0.15) is 27.9 Å². The molecule has 0 N–H and O–H groups in total. The summed E-state index contributed by atoms with van der Waals surface area (Å²) in [6.45, 7) is 4.35. The summed E-state index contributed by atoms with van der Waals surface area (Å²) in [6.07, 6.45) is 1.26. The highest BCUT2D eigenvalue weighted by Crippen LogP contribution is 2.16. The second kappa shape index (κ2) is 8.71. The summed E-state index contributed by atoms with van der Waals surface area (Å²) in [5.74, 6) is 0.816. The summed E-state index contributed by atoms with van der Waals surface area (Å²) >= 11 is 0. The van der Waals surface area contributed by atoms with Crippen molar-refractivity contribution < 1.29 is 14.3 Å². The molecule has 5 heteroatoms. The van der Waals surface area contributed by atoms with Gasteiger partial charge < -0.3 is 14.5 Å². The molecule has 3 rings (SSSR count). The second-order valence-corrected chi connectivity index (χ2v) is 6.89. The zero-order chi connectivity index (χ0) is 19.2. The molecular weight excluding hydrogens is 340 g/mol. The summed E-state index contributed by atoms with van der Waals surface area (Å²) < 4.78 is 5.19. The summed E-state index contributed by atoms with van der Waals surface area (Å²) in [6, 6.07) is 15.5. The third-order valence-corrected chi connectivity index (χ3v) is 4.95. The lowest BCUT2D eigenvalue weighted by molar-refractivity contribution is -0.132. The predicted molar refractivity (Wildman–Crippen MR) is 105 cm³/mol. The van der Waals surface area contributed by atoms with Gasteiger partial charge in [-0.15, -0.1) is 0 Å². The van der Waals surface area contributed by atoms with Crippen LogP contribution in [0.4, 0.5) is 0 Å². The van der Waals surface area contributed by atoms with Crippen molar-refractivity contribution in [2.45, 2.75) is 19.8 Å². The Morgan fingerprint density at radius 2 is 1.67 bits per heavy atom. The van der Waals surface area contributed by atoms with Gasteiger partial charge in [0.15, 0.2) is 0 Å². The number of hydrogen-bond donors (Lipinski definition) is 0. The maximum atomic E-state index is 12.7. The molecule has 142 valence electrons. The summed E-state index contributed by atoms with van der Waals surface area (Å²) in [5, 5.41) is 0. The fourth-order valence-electron chi connectivity index (χ4n) is 3.37. The Morgan fingerprint density at radius 1 is 0.963 bits per heavy atom. The Kier molecular flexibility index (Phi) is 6.12. The molecule has 2 amide bonds. The minimum absolute atomic E-state index is 0.0132. The molecule has 1 saturated heterocycles. The van der Waals surface area contributed by atoms with Crippen LogP contribution in [0, 0.1) is 6.92 Å². The SMILES string of the molecule is COc1cccc(C(=O)N2CCN(C(=O)CCc3cccc(C)c3)CC2)c1. The molecule has 2 aromatic rings. The Bertz CT molecular complexity index is 811. The van der Waals surface area contributed by atoms with E-state index in [1.807, 2.05) is 23.1 Å². The largest absolute Gasteiger partial charge is 0.497 e. The zero-order valence-corrected chi connectivity index (χ0v) is 16.0. The number of aryl methyl sites for hydroxylation is 2. The molecule has 0 unspecified atom stereocenters. The van der Waals surface area contributed by atoms with Crippen LogP contribution < -0.4 is 4.74 Å². The van der Waals surface area contributed by atoms with Gasteiger partial charge in [-0.05, 0) is 37.1 Å². The quantitative estimate of drug-likeness (QED) is 0.818. The fourth-order valence-corrected chi connectivity index (χ4v) is 3.37. The van der Waals surface area contributed by atoms with Gasteiger partial charge in [-0.2, -0.15) is 0 Å². The molecule has 5 nitrogen and oxygen atoms in total. The van der Waals surface area contributed by atoms with Crippen LogP contribution in [0.25, 0.3) is 0 Å². The van der Waals surface area contributed by atoms with Crippen molar-refractivity contribution in [2.24, 2.45) is 0 Å². The van der Waals surface area contributed by atoms with Crippen LogP contribution in [0.2, 0.25) is 0 Å². The molecule has 0 aromatic heterocycles. The lowest BCUT2D eigenvalue weighted by Crippen LogP contribution is -2.50. The van der Waals surface area contributed by atoms with Crippen molar-refractivity contribution >= 4 is 11.8 Å². The topological polar surface area (TPSA) is 49.9 Å². The highest BCUT2D eigenvalue weighted by atomic mass is 16.5.